The van der Waals surface area contributed by atoms with Crippen molar-refractivity contribution in [3.63, 3.8) is 0 Å². The third-order valence-corrected chi connectivity index (χ3v) is 4.10. The number of benzene rings is 1. The highest BCUT2D eigenvalue weighted by atomic mass is 32.2. The van der Waals surface area contributed by atoms with Crippen LogP contribution in [0.25, 0.3) is 0 Å². The monoisotopic (exact) mass is 267 g/mol. The molecule has 1 aliphatic rings. The van der Waals surface area contributed by atoms with Gasteiger partial charge < -0.3 is 15.2 Å². The predicted octanol–water partition coefficient (Wildman–Crippen LogP) is 2.33. The first-order valence-corrected chi connectivity index (χ1v) is 6.91. The van der Waals surface area contributed by atoms with E-state index in [0.717, 1.165) is 30.1 Å². The van der Waals surface area contributed by atoms with Gasteiger partial charge in [0.1, 0.15) is 0 Å². The predicted molar refractivity (Wildman–Crippen MR) is 71.9 cm³/mol. The Bertz CT molecular complexity index is 430. The quantitative estimate of drug-likeness (QED) is 0.515. The average molecular weight is 267 g/mol. The number of thioether (sulfide) groups is 1. The summed E-state index contributed by atoms with van der Waals surface area (Å²) in [5.74, 6) is 0.541. The van der Waals surface area contributed by atoms with Crippen LogP contribution in [0.1, 0.15) is 23.2 Å². The van der Waals surface area contributed by atoms with Gasteiger partial charge in [0.2, 0.25) is 0 Å². The van der Waals surface area contributed by atoms with Crippen LogP contribution < -0.4 is 5.73 Å². The Labute approximate surface area is 111 Å². The molecule has 0 radical (unpaired) electrons. The number of nitrogen functional groups attached to an aromatic ring is 1. The van der Waals surface area contributed by atoms with Crippen molar-refractivity contribution in [1.82, 2.24) is 0 Å². The van der Waals surface area contributed by atoms with Crippen LogP contribution >= 0.6 is 11.8 Å². The molecule has 0 saturated carbocycles. The maximum atomic E-state index is 11.3. The van der Waals surface area contributed by atoms with E-state index in [1.165, 1.54) is 7.11 Å². The maximum absolute atomic E-state index is 11.3. The lowest BCUT2D eigenvalue weighted by Crippen LogP contribution is -2.08. The van der Waals surface area contributed by atoms with E-state index in [1.807, 2.05) is 6.07 Å². The number of hydrogen-bond donors (Lipinski definition) is 1. The molecule has 0 spiro atoms. The zero-order chi connectivity index (χ0) is 13.0. The van der Waals surface area contributed by atoms with Gasteiger partial charge in [0, 0.05) is 22.9 Å². The van der Waals surface area contributed by atoms with Crippen molar-refractivity contribution in [2.24, 2.45) is 0 Å². The van der Waals surface area contributed by atoms with E-state index in [1.54, 1.807) is 23.9 Å². The molecule has 1 aliphatic heterocycles. The standard InChI is InChI=1S/C13H17NO3S/c1-16-13(15)9-4-5-12(11(14)7-9)18-8-10-3-2-6-17-10/h4-5,7,10H,2-3,6,8,14H2,1H3. The molecule has 98 valence electrons. The molecule has 0 aromatic heterocycles. The zero-order valence-corrected chi connectivity index (χ0v) is 11.2. The van der Waals surface area contributed by atoms with Crippen LogP contribution in [-0.4, -0.2) is 31.5 Å². The van der Waals surface area contributed by atoms with Crippen molar-refractivity contribution in [1.29, 1.82) is 0 Å². The van der Waals surface area contributed by atoms with Gasteiger partial charge in [-0.3, -0.25) is 0 Å². The number of carbonyl (C=O) groups is 1. The summed E-state index contributed by atoms with van der Waals surface area (Å²) in [4.78, 5) is 12.3. The van der Waals surface area contributed by atoms with Crippen LogP contribution in [0.5, 0.6) is 0 Å². The summed E-state index contributed by atoms with van der Waals surface area (Å²) in [5.41, 5.74) is 7.02. The number of carbonyl (C=O) groups excluding carboxylic acids is 1. The minimum atomic E-state index is -0.364. The second-order valence-electron chi connectivity index (χ2n) is 4.19. The lowest BCUT2D eigenvalue weighted by Gasteiger charge is -2.10. The molecular weight excluding hydrogens is 250 g/mol. The molecule has 1 saturated heterocycles. The van der Waals surface area contributed by atoms with Gasteiger partial charge in [-0.05, 0) is 31.0 Å². The van der Waals surface area contributed by atoms with Crippen molar-refractivity contribution in [2.45, 2.75) is 23.8 Å². The van der Waals surface area contributed by atoms with Gasteiger partial charge in [-0.15, -0.1) is 11.8 Å². The van der Waals surface area contributed by atoms with E-state index in [4.69, 9.17) is 10.5 Å². The number of hydrogen-bond acceptors (Lipinski definition) is 5. The summed E-state index contributed by atoms with van der Waals surface area (Å²) in [6.07, 6.45) is 2.59. The van der Waals surface area contributed by atoms with E-state index in [0.29, 0.717) is 17.4 Å². The molecule has 1 heterocycles. The lowest BCUT2D eigenvalue weighted by molar-refractivity contribution is 0.0600. The van der Waals surface area contributed by atoms with E-state index in [-0.39, 0.29) is 5.97 Å². The van der Waals surface area contributed by atoms with Gasteiger partial charge in [0.25, 0.3) is 0 Å². The Morgan fingerprint density at radius 3 is 3.06 bits per heavy atom. The van der Waals surface area contributed by atoms with Crippen LogP contribution in [-0.2, 0) is 9.47 Å². The minimum absolute atomic E-state index is 0.328. The van der Waals surface area contributed by atoms with Gasteiger partial charge in [-0.1, -0.05) is 0 Å². The van der Waals surface area contributed by atoms with Crippen molar-refractivity contribution in [2.75, 3.05) is 25.2 Å². The normalized spacial score (nSPS) is 18.8. The molecule has 1 unspecified atom stereocenters. The fourth-order valence-corrected chi connectivity index (χ4v) is 2.90. The van der Waals surface area contributed by atoms with Crippen molar-refractivity contribution in [3.8, 4) is 0 Å². The average Bonchev–Trinajstić information content (AvgIpc) is 2.89. The molecule has 2 N–H and O–H groups in total. The van der Waals surface area contributed by atoms with Gasteiger partial charge in [-0.2, -0.15) is 0 Å². The highest BCUT2D eigenvalue weighted by molar-refractivity contribution is 7.99. The third kappa shape index (κ3) is 3.17. The largest absolute Gasteiger partial charge is 0.465 e. The molecule has 0 aliphatic carbocycles. The number of esters is 1. The van der Waals surface area contributed by atoms with Gasteiger partial charge in [0.05, 0.1) is 18.8 Å². The fourth-order valence-electron chi connectivity index (χ4n) is 1.88. The molecule has 1 fully saturated rings. The summed E-state index contributed by atoms with van der Waals surface area (Å²) in [7, 11) is 1.36. The van der Waals surface area contributed by atoms with Crippen LogP contribution in [0.3, 0.4) is 0 Å². The number of nitrogens with two attached hydrogens (primary N) is 1. The van der Waals surface area contributed by atoms with Gasteiger partial charge in [-0.25, -0.2) is 4.79 Å². The van der Waals surface area contributed by atoms with E-state index >= 15 is 0 Å². The molecule has 0 amide bonds. The molecule has 18 heavy (non-hydrogen) atoms. The van der Waals surface area contributed by atoms with Crippen LogP contribution in [0.15, 0.2) is 23.1 Å². The van der Waals surface area contributed by atoms with Gasteiger partial charge >= 0.3 is 5.97 Å². The molecule has 5 heteroatoms. The summed E-state index contributed by atoms with van der Waals surface area (Å²) in [6.45, 7) is 0.863. The fraction of sp³-hybridized carbons (Fsp3) is 0.462. The Morgan fingerprint density at radius 1 is 1.61 bits per heavy atom. The number of methoxy groups -OCH3 is 1. The van der Waals surface area contributed by atoms with E-state index < -0.39 is 0 Å². The molecule has 0 bridgehead atoms. The molecule has 1 atom stereocenters. The van der Waals surface area contributed by atoms with Gasteiger partial charge in [0.15, 0.2) is 0 Å². The van der Waals surface area contributed by atoms with E-state index in [9.17, 15) is 4.79 Å². The number of anilines is 1. The molecular formula is C13H17NO3S. The molecule has 1 aromatic rings. The first kappa shape index (κ1) is 13.2. The Kier molecular flexibility index (Phi) is 4.49. The smallest absolute Gasteiger partial charge is 0.337 e. The molecule has 1 aromatic carbocycles. The minimum Gasteiger partial charge on any atom is -0.465 e. The van der Waals surface area contributed by atoms with Crippen molar-refractivity contribution in [3.05, 3.63) is 23.8 Å². The van der Waals surface area contributed by atoms with Crippen LogP contribution in [0.2, 0.25) is 0 Å². The first-order chi connectivity index (χ1) is 8.70. The second-order valence-corrected chi connectivity index (χ2v) is 5.25. The Balaban J connectivity index is 1.98. The van der Waals surface area contributed by atoms with E-state index in [2.05, 4.69) is 4.74 Å². The van der Waals surface area contributed by atoms with Crippen molar-refractivity contribution < 1.29 is 14.3 Å². The Hall–Kier alpha value is -1.20. The van der Waals surface area contributed by atoms with Crippen LogP contribution in [0, 0.1) is 0 Å². The van der Waals surface area contributed by atoms with Crippen molar-refractivity contribution >= 4 is 23.4 Å². The highest BCUT2D eigenvalue weighted by Crippen LogP contribution is 2.29. The number of ether oxygens (including phenoxy) is 2. The zero-order valence-electron chi connectivity index (χ0n) is 10.3. The van der Waals surface area contributed by atoms with Crippen LogP contribution in [0.4, 0.5) is 5.69 Å². The third-order valence-electron chi connectivity index (χ3n) is 2.88. The summed E-state index contributed by atoms with van der Waals surface area (Å²) < 4.78 is 10.2. The summed E-state index contributed by atoms with van der Waals surface area (Å²) >= 11 is 1.67. The SMILES string of the molecule is COC(=O)c1ccc(SCC2CCCO2)c(N)c1. The topological polar surface area (TPSA) is 61.5 Å². The first-order valence-electron chi connectivity index (χ1n) is 5.93. The highest BCUT2D eigenvalue weighted by Gasteiger charge is 2.16. The summed E-state index contributed by atoms with van der Waals surface area (Å²) in [5, 5.41) is 0. The lowest BCUT2D eigenvalue weighted by atomic mass is 10.2. The second kappa shape index (κ2) is 6.11. The number of rotatable bonds is 4. The maximum Gasteiger partial charge on any atom is 0.337 e. The molecule has 2 rings (SSSR count). The molecule has 4 nitrogen and oxygen atoms in total. The summed E-state index contributed by atoms with van der Waals surface area (Å²) in [6, 6.07) is 5.25. The Morgan fingerprint density at radius 2 is 2.44 bits per heavy atom.